The minimum absolute atomic E-state index is 0.0162. The van der Waals surface area contributed by atoms with Gasteiger partial charge in [0.15, 0.2) is 0 Å². The fourth-order valence-corrected chi connectivity index (χ4v) is 10.2. The Morgan fingerprint density at radius 3 is 1.64 bits per heavy atom. The lowest BCUT2D eigenvalue weighted by molar-refractivity contribution is 0.586. The van der Waals surface area contributed by atoms with Crippen LogP contribution in [0.25, 0.3) is 16.8 Å². The lowest BCUT2D eigenvalue weighted by Crippen LogP contribution is -2.61. The molecule has 2 aliphatic rings. The zero-order valence-electron chi connectivity index (χ0n) is 40.2. The Hall–Kier alpha value is -7.31. The van der Waals surface area contributed by atoms with E-state index in [-0.39, 0.29) is 23.0 Å². The van der Waals surface area contributed by atoms with Crippen molar-refractivity contribution in [3.8, 4) is 11.1 Å². The van der Waals surface area contributed by atoms with Crippen molar-refractivity contribution in [2.75, 3.05) is 14.7 Å². The van der Waals surface area contributed by atoms with Gasteiger partial charge in [0, 0.05) is 51.6 Å². The van der Waals surface area contributed by atoms with Crippen molar-refractivity contribution in [3.63, 3.8) is 0 Å². The van der Waals surface area contributed by atoms with Gasteiger partial charge in [-0.3, -0.25) is 9.30 Å². The van der Waals surface area contributed by atoms with E-state index in [1.807, 2.05) is 0 Å². The van der Waals surface area contributed by atoms with Gasteiger partial charge in [0.2, 0.25) is 0 Å². The summed E-state index contributed by atoms with van der Waals surface area (Å²) in [4.78, 5) is 13.0. The minimum atomic E-state index is -0.131. The van der Waals surface area contributed by atoms with Crippen LogP contribution in [-0.2, 0) is 16.2 Å². The molecule has 2 aliphatic heterocycles. The van der Waals surface area contributed by atoms with Crippen molar-refractivity contribution in [3.05, 3.63) is 205 Å². The number of aromatic nitrogens is 2. The summed E-state index contributed by atoms with van der Waals surface area (Å²) in [5.74, 6) is 1.08. The van der Waals surface area contributed by atoms with Crippen LogP contribution in [0.3, 0.4) is 0 Å². The SMILES string of the molecule is CC(C)(C)c1ccc(N(c2ccc3c(c2)N(c2ccccc2)c2cccc4c2B3c2nc3ccc(C(C)(C)C)cn3c2N4c2ccccc2)c2ccc(C(C)(C)C)cc2-c2ccccc2)cc1. The molecule has 7 aromatic carbocycles. The molecule has 2 aromatic heterocycles. The molecule has 67 heavy (non-hydrogen) atoms. The van der Waals surface area contributed by atoms with Gasteiger partial charge >= 0.3 is 0 Å². The van der Waals surface area contributed by atoms with Crippen LogP contribution >= 0.6 is 0 Å². The van der Waals surface area contributed by atoms with Crippen LogP contribution in [0.15, 0.2) is 188 Å². The summed E-state index contributed by atoms with van der Waals surface area (Å²) in [6.45, 7) is 20.5. The average Bonchev–Trinajstić information content (AvgIpc) is 3.70. The highest BCUT2D eigenvalue weighted by atomic mass is 15.3. The highest BCUT2D eigenvalue weighted by Crippen LogP contribution is 2.48. The highest BCUT2D eigenvalue weighted by Gasteiger charge is 2.46. The van der Waals surface area contributed by atoms with Gasteiger partial charge in [-0.15, -0.1) is 0 Å². The van der Waals surface area contributed by atoms with Gasteiger partial charge in [-0.1, -0.05) is 165 Å². The van der Waals surface area contributed by atoms with Gasteiger partial charge in [-0.05, 0) is 128 Å². The summed E-state index contributed by atoms with van der Waals surface area (Å²) in [6, 6.07) is 67.3. The van der Waals surface area contributed by atoms with E-state index in [4.69, 9.17) is 4.98 Å². The number of hydrogen-bond acceptors (Lipinski definition) is 4. The predicted molar refractivity (Wildman–Crippen MR) is 285 cm³/mol. The quantitative estimate of drug-likeness (QED) is 0.156. The summed E-state index contributed by atoms with van der Waals surface area (Å²) in [7, 11) is 0. The van der Waals surface area contributed by atoms with E-state index in [9.17, 15) is 0 Å². The third-order valence-corrected chi connectivity index (χ3v) is 13.8. The molecular formula is C61H58BN5. The monoisotopic (exact) mass is 871 g/mol. The van der Waals surface area contributed by atoms with E-state index in [1.54, 1.807) is 0 Å². The van der Waals surface area contributed by atoms with E-state index in [0.29, 0.717) is 0 Å². The van der Waals surface area contributed by atoms with Crippen LogP contribution in [0.1, 0.15) is 79.0 Å². The van der Waals surface area contributed by atoms with Crippen LogP contribution in [-0.4, -0.2) is 16.1 Å². The second-order valence-electron chi connectivity index (χ2n) is 21.4. The molecule has 0 amide bonds. The molecule has 4 heterocycles. The largest absolute Gasteiger partial charge is 0.311 e. The van der Waals surface area contributed by atoms with Crippen molar-refractivity contribution in [2.24, 2.45) is 0 Å². The van der Waals surface area contributed by atoms with Crippen LogP contribution < -0.4 is 31.2 Å². The Balaban J connectivity index is 1.19. The van der Waals surface area contributed by atoms with E-state index in [1.165, 1.54) is 38.7 Å². The molecule has 0 spiro atoms. The average molecular weight is 872 g/mol. The Bertz CT molecular complexity index is 3300. The van der Waals surface area contributed by atoms with Gasteiger partial charge in [0.1, 0.15) is 11.5 Å². The molecule has 11 rings (SSSR count). The molecule has 0 atom stereocenters. The smallest absolute Gasteiger partial charge is 0.277 e. The molecule has 9 aromatic rings. The number of fused-ring (bicyclic) bond motifs is 6. The summed E-state index contributed by atoms with van der Waals surface area (Å²) < 4.78 is 2.34. The first-order valence-corrected chi connectivity index (χ1v) is 23.8. The Labute approximate surface area is 397 Å². The lowest BCUT2D eigenvalue weighted by atomic mass is 9.35. The maximum atomic E-state index is 5.62. The zero-order valence-corrected chi connectivity index (χ0v) is 40.2. The third kappa shape index (κ3) is 7.22. The van der Waals surface area contributed by atoms with Crippen molar-refractivity contribution < 1.29 is 0 Å². The van der Waals surface area contributed by atoms with Crippen molar-refractivity contribution in [2.45, 2.75) is 78.6 Å². The molecule has 5 nitrogen and oxygen atoms in total. The van der Waals surface area contributed by atoms with Gasteiger partial charge in [0.05, 0.1) is 11.3 Å². The Kier molecular flexibility index (Phi) is 9.90. The van der Waals surface area contributed by atoms with E-state index in [0.717, 1.165) is 62.6 Å². The summed E-state index contributed by atoms with van der Waals surface area (Å²) in [6.07, 6.45) is 2.31. The molecule has 0 unspecified atom stereocenters. The number of benzene rings is 7. The predicted octanol–water partition coefficient (Wildman–Crippen LogP) is 14.4. The van der Waals surface area contributed by atoms with E-state index >= 15 is 0 Å². The first-order valence-electron chi connectivity index (χ1n) is 23.8. The second kappa shape index (κ2) is 15.7. The summed E-state index contributed by atoms with van der Waals surface area (Å²) in [5, 5.41) is 0. The van der Waals surface area contributed by atoms with Gasteiger partial charge in [-0.25, -0.2) is 4.98 Å². The number of pyridine rings is 1. The topological polar surface area (TPSA) is 27.0 Å². The normalized spacial score (nSPS) is 13.4. The minimum Gasteiger partial charge on any atom is -0.311 e. The summed E-state index contributed by atoms with van der Waals surface area (Å²) in [5.41, 5.74) is 19.6. The van der Waals surface area contributed by atoms with Crippen molar-refractivity contribution in [1.29, 1.82) is 0 Å². The molecule has 0 bridgehead atoms. The number of para-hydroxylation sites is 2. The molecule has 0 saturated carbocycles. The van der Waals surface area contributed by atoms with Gasteiger partial charge < -0.3 is 9.80 Å². The fraction of sp³-hybridized carbons (Fsp3) is 0.197. The maximum absolute atomic E-state index is 5.62. The maximum Gasteiger partial charge on any atom is 0.277 e. The molecule has 0 radical (unpaired) electrons. The Morgan fingerprint density at radius 1 is 0.463 bits per heavy atom. The second-order valence-corrected chi connectivity index (χ2v) is 21.4. The standard InChI is InChI=1S/C61H58BN5/c1-59(2,3)42-28-32-47(33-29-42)65(51-36-30-43(60(4,5)6)38-49(51)41-20-13-10-14-21-41)48-34-35-50-54(39-48)66(45-22-15-11-16-23-45)52-26-19-27-53-56(52)62(50)57-58(67(53)46-24-17-12-18-25-46)64-40-44(61(7,8)9)31-37-55(64)63-57/h10-40H,1-9H3. The van der Waals surface area contributed by atoms with Crippen LogP contribution in [0.5, 0.6) is 0 Å². The fourth-order valence-electron chi connectivity index (χ4n) is 10.2. The molecule has 6 heteroatoms. The first kappa shape index (κ1) is 42.3. The van der Waals surface area contributed by atoms with Crippen LogP contribution in [0.4, 0.5) is 51.3 Å². The third-order valence-electron chi connectivity index (χ3n) is 13.8. The first-order chi connectivity index (χ1) is 32.1. The van der Waals surface area contributed by atoms with Crippen molar-refractivity contribution >= 4 is 80.2 Å². The number of anilines is 9. The number of rotatable bonds is 6. The molecule has 330 valence electrons. The van der Waals surface area contributed by atoms with Gasteiger partial charge in [-0.2, -0.15) is 0 Å². The molecule has 0 fully saturated rings. The number of nitrogens with zero attached hydrogens (tertiary/aromatic N) is 5. The Morgan fingerprint density at radius 2 is 1.01 bits per heavy atom. The number of imidazole rings is 1. The van der Waals surface area contributed by atoms with E-state index in [2.05, 4.69) is 270 Å². The van der Waals surface area contributed by atoms with Gasteiger partial charge in [0.25, 0.3) is 6.71 Å². The van der Waals surface area contributed by atoms with E-state index < -0.39 is 0 Å². The van der Waals surface area contributed by atoms with Crippen LogP contribution in [0.2, 0.25) is 0 Å². The van der Waals surface area contributed by atoms with Crippen LogP contribution in [0, 0.1) is 0 Å². The van der Waals surface area contributed by atoms with Crippen molar-refractivity contribution in [1.82, 2.24) is 9.38 Å². The molecule has 0 aliphatic carbocycles. The molecule has 0 saturated heterocycles. The lowest BCUT2D eigenvalue weighted by Gasteiger charge is -2.43. The zero-order chi connectivity index (χ0) is 46.4. The summed E-state index contributed by atoms with van der Waals surface area (Å²) >= 11 is 0. The highest BCUT2D eigenvalue weighted by molar-refractivity contribution is 7.00. The number of hydrogen-bond donors (Lipinski definition) is 0. The molecule has 0 N–H and O–H groups in total. The molecular weight excluding hydrogens is 814 g/mol.